The Bertz CT molecular complexity index is 391. The van der Waals surface area contributed by atoms with E-state index in [0.29, 0.717) is 11.3 Å². The average Bonchev–Trinajstić information content (AvgIpc) is 2.55. The Morgan fingerprint density at radius 1 is 1.79 bits per heavy atom. The molecule has 0 bridgehead atoms. The van der Waals surface area contributed by atoms with Crippen molar-refractivity contribution < 1.29 is 13.9 Å². The molecule has 6 nitrogen and oxygen atoms in total. The summed E-state index contributed by atoms with van der Waals surface area (Å²) in [4.78, 5) is 13.7. The third-order valence-electron chi connectivity index (χ3n) is 1.63. The molecule has 0 saturated carbocycles. The predicted octanol–water partition coefficient (Wildman–Crippen LogP) is 2.18. The lowest BCUT2D eigenvalue weighted by molar-refractivity contribution is 0.0562. The number of azide groups is 1. The quantitative estimate of drug-likeness (QED) is 0.320. The molecule has 0 aliphatic heterocycles. The molecule has 0 aromatic carbocycles. The predicted molar refractivity (Wildman–Crippen MR) is 47.6 cm³/mol. The van der Waals surface area contributed by atoms with Gasteiger partial charge in [-0.3, -0.25) is 0 Å². The summed E-state index contributed by atoms with van der Waals surface area (Å²) >= 11 is 0. The van der Waals surface area contributed by atoms with E-state index in [0.717, 1.165) is 0 Å². The number of hydrogen-bond acceptors (Lipinski definition) is 4. The van der Waals surface area contributed by atoms with Crippen LogP contribution in [-0.4, -0.2) is 13.1 Å². The van der Waals surface area contributed by atoms with E-state index in [4.69, 9.17) is 9.95 Å². The molecule has 0 amide bonds. The molecule has 1 rings (SSSR count). The molecule has 0 saturated heterocycles. The highest BCUT2D eigenvalue weighted by molar-refractivity contribution is 5.87. The summed E-state index contributed by atoms with van der Waals surface area (Å²) in [6.45, 7) is 1.81. The van der Waals surface area contributed by atoms with E-state index in [2.05, 4.69) is 14.8 Å². The summed E-state index contributed by atoms with van der Waals surface area (Å²) in [5.41, 5.74) is 8.75. The number of hydrogen-bond donors (Lipinski definition) is 0. The highest BCUT2D eigenvalue weighted by Crippen LogP contribution is 2.16. The Labute approximate surface area is 80.1 Å². The monoisotopic (exact) mass is 195 g/mol. The van der Waals surface area contributed by atoms with Crippen molar-refractivity contribution in [1.82, 2.24) is 0 Å². The van der Waals surface area contributed by atoms with Crippen LogP contribution in [0.3, 0.4) is 0 Å². The van der Waals surface area contributed by atoms with Gasteiger partial charge < -0.3 is 9.15 Å². The molecule has 0 unspecified atom stereocenters. The molecule has 0 aliphatic carbocycles. The first kappa shape index (κ1) is 10.1. The van der Waals surface area contributed by atoms with Gasteiger partial charge in [-0.25, -0.2) is 4.79 Å². The van der Waals surface area contributed by atoms with Crippen molar-refractivity contribution in [2.45, 2.75) is 13.5 Å². The number of aryl methyl sites for hydroxylation is 1. The van der Waals surface area contributed by atoms with Crippen molar-refractivity contribution in [2.24, 2.45) is 5.11 Å². The maximum atomic E-state index is 11.1. The highest BCUT2D eigenvalue weighted by atomic mass is 16.5. The number of carbonyl (C=O) groups excluding carboxylic acids is 1. The molecule has 6 heteroatoms. The Morgan fingerprint density at radius 2 is 2.50 bits per heavy atom. The molecule has 0 atom stereocenters. The number of furan rings is 1. The summed E-state index contributed by atoms with van der Waals surface area (Å²) in [6.07, 6.45) is 0. The van der Waals surface area contributed by atoms with E-state index >= 15 is 0 Å². The Hall–Kier alpha value is -1.94. The van der Waals surface area contributed by atoms with E-state index in [-0.39, 0.29) is 12.3 Å². The van der Waals surface area contributed by atoms with Crippen molar-refractivity contribution in [2.75, 3.05) is 7.11 Å². The second-order valence-electron chi connectivity index (χ2n) is 2.61. The van der Waals surface area contributed by atoms with Gasteiger partial charge in [0.2, 0.25) is 5.76 Å². The summed E-state index contributed by atoms with van der Waals surface area (Å²) in [5.74, 6) is 0.0611. The molecule has 0 N–H and O–H groups in total. The average molecular weight is 195 g/mol. The normalized spacial score (nSPS) is 9.29. The fourth-order valence-electron chi connectivity index (χ4n) is 1.02. The number of methoxy groups -OCH3 is 1. The maximum Gasteiger partial charge on any atom is 0.374 e. The SMILES string of the molecule is COC(=O)c1oc(CN=[N+]=[N-])cc1C. The molecular formula is C8H9N3O3. The smallest absolute Gasteiger partial charge is 0.374 e. The number of esters is 1. The molecule has 0 aliphatic rings. The third-order valence-corrected chi connectivity index (χ3v) is 1.63. The van der Waals surface area contributed by atoms with Gasteiger partial charge in [-0.05, 0) is 18.5 Å². The van der Waals surface area contributed by atoms with Crippen LogP contribution in [0.2, 0.25) is 0 Å². The first-order chi connectivity index (χ1) is 6.69. The second-order valence-corrected chi connectivity index (χ2v) is 2.61. The van der Waals surface area contributed by atoms with Gasteiger partial charge in [0.15, 0.2) is 0 Å². The Balaban J connectivity index is 2.92. The van der Waals surface area contributed by atoms with Crippen molar-refractivity contribution in [3.05, 3.63) is 33.6 Å². The lowest BCUT2D eigenvalue weighted by atomic mass is 10.2. The zero-order valence-electron chi connectivity index (χ0n) is 7.85. The zero-order chi connectivity index (χ0) is 10.6. The topological polar surface area (TPSA) is 88.2 Å². The van der Waals surface area contributed by atoms with Crippen LogP contribution < -0.4 is 0 Å². The maximum absolute atomic E-state index is 11.1. The van der Waals surface area contributed by atoms with E-state index in [1.165, 1.54) is 7.11 Å². The molecule has 1 aromatic rings. The van der Waals surface area contributed by atoms with Crippen molar-refractivity contribution >= 4 is 5.97 Å². The number of rotatable bonds is 3. The standard InChI is InChI=1S/C8H9N3O3/c1-5-3-6(4-10-11-9)14-7(5)8(12)13-2/h3H,4H2,1-2H3. The van der Waals surface area contributed by atoms with E-state index in [1.54, 1.807) is 13.0 Å². The third kappa shape index (κ3) is 2.05. The lowest BCUT2D eigenvalue weighted by Crippen LogP contribution is -2.00. The van der Waals surface area contributed by atoms with Gasteiger partial charge >= 0.3 is 5.97 Å². The molecule has 74 valence electrons. The van der Waals surface area contributed by atoms with Gasteiger partial charge in [0.05, 0.1) is 13.7 Å². The fourth-order valence-corrected chi connectivity index (χ4v) is 1.02. The molecule has 0 radical (unpaired) electrons. The number of ether oxygens (including phenoxy) is 1. The van der Waals surface area contributed by atoms with Crippen LogP contribution in [0.4, 0.5) is 0 Å². The Morgan fingerprint density at radius 3 is 3.07 bits per heavy atom. The number of nitrogens with zero attached hydrogens (tertiary/aromatic N) is 3. The van der Waals surface area contributed by atoms with Crippen molar-refractivity contribution in [3.8, 4) is 0 Å². The molecule has 1 aromatic heterocycles. The largest absolute Gasteiger partial charge is 0.463 e. The minimum absolute atomic E-state index is 0.0916. The first-order valence-electron chi connectivity index (χ1n) is 3.87. The Kier molecular flexibility index (Phi) is 3.14. The van der Waals surface area contributed by atoms with Crippen LogP contribution in [0.25, 0.3) is 10.4 Å². The minimum atomic E-state index is -0.533. The fraction of sp³-hybridized carbons (Fsp3) is 0.375. The van der Waals surface area contributed by atoms with E-state index < -0.39 is 5.97 Å². The summed E-state index contributed by atoms with van der Waals surface area (Å²) in [7, 11) is 1.28. The summed E-state index contributed by atoms with van der Waals surface area (Å²) < 4.78 is 9.63. The van der Waals surface area contributed by atoms with Gasteiger partial charge in [-0.15, -0.1) is 0 Å². The van der Waals surface area contributed by atoms with Crippen LogP contribution in [0.5, 0.6) is 0 Å². The van der Waals surface area contributed by atoms with Crippen LogP contribution in [0.1, 0.15) is 21.9 Å². The van der Waals surface area contributed by atoms with Crippen LogP contribution in [0.15, 0.2) is 15.6 Å². The molecule has 0 spiro atoms. The van der Waals surface area contributed by atoms with Gasteiger partial charge in [0.25, 0.3) is 0 Å². The second kappa shape index (κ2) is 4.34. The first-order valence-corrected chi connectivity index (χ1v) is 3.87. The summed E-state index contributed by atoms with van der Waals surface area (Å²) in [6, 6.07) is 1.64. The van der Waals surface area contributed by atoms with Gasteiger partial charge in [0, 0.05) is 10.5 Å². The van der Waals surface area contributed by atoms with Crippen LogP contribution in [-0.2, 0) is 11.3 Å². The molecule has 1 heterocycles. The van der Waals surface area contributed by atoms with Gasteiger partial charge in [-0.1, -0.05) is 5.11 Å². The van der Waals surface area contributed by atoms with Gasteiger partial charge in [0.1, 0.15) is 5.76 Å². The number of carbonyl (C=O) groups is 1. The van der Waals surface area contributed by atoms with Crippen molar-refractivity contribution in [3.63, 3.8) is 0 Å². The van der Waals surface area contributed by atoms with Crippen molar-refractivity contribution in [1.29, 1.82) is 0 Å². The molecule has 14 heavy (non-hydrogen) atoms. The molecular weight excluding hydrogens is 186 g/mol. The van der Waals surface area contributed by atoms with Crippen LogP contribution in [0, 0.1) is 6.92 Å². The zero-order valence-corrected chi connectivity index (χ0v) is 7.85. The van der Waals surface area contributed by atoms with E-state index in [1.807, 2.05) is 0 Å². The lowest BCUT2D eigenvalue weighted by Gasteiger charge is -1.94. The molecule has 0 fully saturated rings. The summed E-state index contributed by atoms with van der Waals surface area (Å²) in [5, 5.41) is 3.32. The van der Waals surface area contributed by atoms with Crippen LogP contribution >= 0.6 is 0 Å². The minimum Gasteiger partial charge on any atom is -0.463 e. The highest BCUT2D eigenvalue weighted by Gasteiger charge is 2.15. The van der Waals surface area contributed by atoms with E-state index in [9.17, 15) is 4.79 Å². The van der Waals surface area contributed by atoms with Gasteiger partial charge in [-0.2, -0.15) is 0 Å².